The molecule has 122 valence electrons. The second-order valence-electron chi connectivity index (χ2n) is 6.04. The third-order valence-electron chi connectivity index (χ3n) is 3.77. The monoisotopic (exact) mass is 312 g/mol. The Morgan fingerprint density at radius 2 is 2.14 bits per heavy atom. The van der Waals surface area contributed by atoms with Gasteiger partial charge in [0.05, 0.1) is 0 Å². The lowest BCUT2D eigenvalue weighted by molar-refractivity contribution is -0.142. The van der Waals surface area contributed by atoms with Crippen LogP contribution in [0.15, 0.2) is 18.2 Å². The molecule has 2 atom stereocenters. The molecule has 6 heteroatoms. The summed E-state index contributed by atoms with van der Waals surface area (Å²) in [5.74, 6) is -1.95. The standard InChI is InChI=1S/C16H22F2N2O2/c1-10(2)15(16(21)20-7-3-4-12(19)9-20)22-14-6-5-11(17)8-13(14)18/h5-6,8,10,12,15H,3-4,7,9,19H2,1-2H3/t12-,15+/m0/s1. The molecule has 1 aromatic rings. The SMILES string of the molecule is CC(C)[C@@H](Oc1ccc(F)cc1F)C(=O)N1CCC[C@H](N)C1. The van der Waals surface area contributed by atoms with Crippen molar-refractivity contribution < 1.29 is 18.3 Å². The molecule has 1 fully saturated rings. The van der Waals surface area contributed by atoms with Gasteiger partial charge in [0.2, 0.25) is 0 Å². The molecule has 1 aliphatic rings. The molecule has 1 aromatic carbocycles. The Labute approximate surface area is 129 Å². The zero-order valence-electron chi connectivity index (χ0n) is 12.9. The van der Waals surface area contributed by atoms with Crippen LogP contribution in [0.1, 0.15) is 26.7 Å². The first-order valence-corrected chi connectivity index (χ1v) is 7.54. The predicted molar refractivity (Wildman–Crippen MR) is 79.4 cm³/mol. The predicted octanol–water partition coefficient (Wildman–Crippen LogP) is 2.32. The summed E-state index contributed by atoms with van der Waals surface area (Å²) in [5, 5.41) is 0. The van der Waals surface area contributed by atoms with E-state index >= 15 is 0 Å². The van der Waals surface area contributed by atoms with Gasteiger partial charge in [-0.15, -0.1) is 0 Å². The first-order chi connectivity index (χ1) is 10.4. The third-order valence-corrected chi connectivity index (χ3v) is 3.77. The number of hydrogen-bond acceptors (Lipinski definition) is 3. The van der Waals surface area contributed by atoms with Gasteiger partial charge >= 0.3 is 0 Å². The molecule has 0 saturated carbocycles. The lowest BCUT2D eigenvalue weighted by Crippen LogP contribution is -2.51. The largest absolute Gasteiger partial charge is 0.477 e. The van der Waals surface area contributed by atoms with E-state index in [1.807, 2.05) is 13.8 Å². The van der Waals surface area contributed by atoms with Gasteiger partial charge in [0, 0.05) is 25.2 Å². The highest BCUT2D eigenvalue weighted by Crippen LogP contribution is 2.23. The maximum atomic E-state index is 13.7. The van der Waals surface area contributed by atoms with E-state index in [1.54, 1.807) is 4.90 Å². The molecular formula is C16H22F2N2O2. The van der Waals surface area contributed by atoms with Gasteiger partial charge in [0.1, 0.15) is 5.82 Å². The Morgan fingerprint density at radius 3 is 2.73 bits per heavy atom. The molecule has 2 N–H and O–H groups in total. The summed E-state index contributed by atoms with van der Waals surface area (Å²) >= 11 is 0. The maximum absolute atomic E-state index is 13.7. The minimum atomic E-state index is -0.815. The Bertz CT molecular complexity index is 537. The fourth-order valence-corrected chi connectivity index (χ4v) is 2.57. The molecule has 1 aliphatic heterocycles. The van der Waals surface area contributed by atoms with Crippen LogP contribution in [0, 0.1) is 17.6 Å². The number of benzene rings is 1. The first kappa shape index (κ1) is 16.7. The molecule has 0 radical (unpaired) electrons. The number of halogens is 2. The highest BCUT2D eigenvalue weighted by molar-refractivity contribution is 5.81. The van der Waals surface area contributed by atoms with E-state index in [0.717, 1.165) is 25.0 Å². The van der Waals surface area contributed by atoms with Crippen LogP contribution in [0.25, 0.3) is 0 Å². The number of nitrogens with two attached hydrogens (primary N) is 1. The minimum absolute atomic E-state index is 0.0342. The second-order valence-corrected chi connectivity index (χ2v) is 6.04. The lowest BCUT2D eigenvalue weighted by atomic mass is 10.0. The number of nitrogens with zero attached hydrogens (tertiary/aromatic N) is 1. The fraction of sp³-hybridized carbons (Fsp3) is 0.562. The highest BCUT2D eigenvalue weighted by atomic mass is 19.1. The Kier molecular flexibility index (Phi) is 5.34. The Morgan fingerprint density at radius 1 is 1.41 bits per heavy atom. The van der Waals surface area contributed by atoms with Crippen LogP contribution in [0.2, 0.25) is 0 Å². The van der Waals surface area contributed by atoms with Crippen molar-refractivity contribution in [3.8, 4) is 5.75 Å². The molecule has 0 aliphatic carbocycles. The van der Waals surface area contributed by atoms with Crippen LogP contribution in [0.4, 0.5) is 8.78 Å². The number of piperidine rings is 1. The summed E-state index contributed by atoms with van der Waals surface area (Å²) in [6, 6.07) is 3.02. The molecule has 2 rings (SSSR count). The van der Waals surface area contributed by atoms with Crippen molar-refractivity contribution in [1.82, 2.24) is 4.90 Å². The topological polar surface area (TPSA) is 55.6 Å². The average molecular weight is 312 g/mol. The highest BCUT2D eigenvalue weighted by Gasteiger charge is 2.32. The van der Waals surface area contributed by atoms with Gasteiger partial charge in [-0.2, -0.15) is 0 Å². The van der Waals surface area contributed by atoms with Crippen molar-refractivity contribution in [1.29, 1.82) is 0 Å². The number of rotatable bonds is 4. The van der Waals surface area contributed by atoms with Crippen molar-refractivity contribution in [2.75, 3.05) is 13.1 Å². The van der Waals surface area contributed by atoms with Crippen LogP contribution in [-0.2, 0) is 4.79 Å². The van der Waals surface area contributed by atoms with Crippen molar-refractivity contribution in [2.45, 2.75) is 38.8 Å². The van der Waals surface area contributed by atoms with Gasteiger partial charge in [-0.3, -0.25) is 4.79 Å². The van der Waals surface area contributed by atoms with Gasteiger partial charge in [-0.05, 0) is 30.9 Å². The van der Waals surface area contributed by atoms with Crippen LogP contribution < -0.4 is 10.5 Å². The van der Waals surface area contributed by atoms with Gasteiger partial charge in [0.25, 0.3) is 5.91 Å². The van der Waals surface area contributed by atoms with Gasteiger partial charge < -0.3 is 15.4 Å². The normalized spacial score (nSPS) is 20.1. The molecule has 1 heterocycles. The molecule has 1 saturated heterocycles. The first-order valence-electron chi connectivity index (χ1n) is 7.54. The Balaban J connectivity index is 2.13. The smallest absolute Gasteiger partial charge is 0.263 e. The van der Waals surface area contributed by atoms with Crippen LogP contribution in [0.5, 0.6) is 5.75 Å². The van der Waals surface area contributed by atoms with E-state index in [0.29, 0.717) is 13.1 Å². The molecular weight excluding hydrogens is 290 g/mol. The van der Waals surface area contributed by atoms with E-state index in [-0.39, 0.29) is 23.6 Å². The molecule has 0 spiro atoms. The van der Waals surface area contributed by atoms with E-state index in [4.69, 9.17) is 10.5 Å². The molecule has 0 aromatic heterocycles. The van der Waals surface area contributed by atoms with Crippen molar-refractivity contribution in [2.24, 2.45) is 11.7 Å². The van der Waals surface area contributed by atoms with Crippen molar-refractivity contribution in [3.05, 3.63) is 29.8 Å². The summed E-state index contributed by atoms with van der Waals surface area (Å²) in [4.78, 5) is 14.3. The second kappa shape index (κ2) is 7.05. The van der Waals surface area contributed by atoms with Crippen LogP contribution >= 0.6 is 0 Å². The summed E-state index contributed by atoms with van der Waals surface area (Å²) in [7, 11) is 0. The number of carbonyl (C=O) groups excluding carboxylic acids is 1. The summed E-state index contributed by atoms with van der Waals surface area (Å²) in [6.07, 6.45) is 0.928. The van der Waals surface area contributed by atoms with Gasteiger partial charge in [-0.1, -0.05) is 13.8 Å². The fourth-order valence-electron chi connectivity index (χ4n) is 2.57. The minimum Gasteiger partial charge on any atom is -0.477 e. The molecule has 1 amide bonds. The quantitative estimate of drug-likeness (QED) is 0.928. The zero-order chi connectivity index (χ0) is 16.3. The van der Waals surface area contributed by atoms with Gasteiger partial charge in [-0.25, -0.2) is 8.78 Å². The molecule has 0 bridgehead atoms. The van der Waals surface area contributed by atoms with Crippen molar-refractivity contribution >= 4 is 5.91 Å². The van der Waals surface area contributed by atoms with Gasteiger partial charge in [0.15, 0.2) is 17.7 Å². The van der Waals surface area contributed by atoms with E-state index in [9.17, 15) is 13.6 Å². The number of likely N-dealkylation sites (tertiary alicyclic amines) is 1. The molecule has 22 heavy (non-hydrogen) atoms. The number of amides is 1. The molecule has 0 unspecified atom stereocenters. The Hall–Kier alpha value is -1.69. The average Bonchev–Trinajstić information content (AvgIpc) is 2.45. The molecule has 4 nitrogen and oxygen atoms in total. The summed E-state index contributed by atoms with van der Waals surface area (Å²) < 4.78 is 32.2. The van der Waals surface area contributed by atoms with E-state index in [2.05, 4.69) is 0 Å². The maximum Gasteiger partial charge on any atom is 0.263 e. The van der Waals surface area contributed by atoms with Crippen LogP contribution in [-0.4, -0.2) is 36.0 Å². The number of ether oxygens (including phenoxy) is 1. The van der Waals surface area contributed by atoms with Crippen LogP contribution in [0.3, 0.4) is 0 Å². The van der Waals surface area contributed by atoms with Crippen molar-refractivity contribution in [3.63, 3.8) is 0 Å². The van der Waals surface area contributed by atoms with E-state index in [1.165, 1.54) is 6.07 Å². The van der Waals surface area contributed by atoms with E-state index < -0.39 is 17.7 Å². The zero-order valence-corrected chi connectivity index (χ0v) is 12.9. The number of hydrogen-bond donors (Lipinski definition) is 1. The third kappa shape index (κ3) is 3.94. The number of carbonyl (C=O) groups is 1. The summed E-state index contributed by atoms with van der Waals surface area (Å²) in [6.45, 7) is 4.77. The summed E-state index contributed by atoms with van der Waals surface area (Å²) in [5.41, 5.74) is 5.90. The lowest BCUT2D eigenvalue weighted by Gasteiger charge is -2.34.